The fourth-order valence-corrected chi connectivity index (χ4v) is 3.22. The summed E-state index contributed by atoms with van der Waals surface area (Å²) < 4.78 is 0. The third-order valence-electron chi connectivity index (χ3n) is 4.90. The minimum atomic E-state index is 0.0923. The molecule has 0 unspecified atom stereocenters. The summed E-state index contributed by atoms with van der Waals surface area (Å²) in [5.74, 6) is 0.935. The van der Waals surface area contributed by atoms with Crippen LogP contribution in [-0.2, 0) is 6.54 Å². The molecule has 124 valence electrons. The van der Waals surface area contributed by atoms with Gasteiger partial charge in [-0.1, -0.05) is 0 Å². The maximum atomic E-state index is 12.4. The van der Waals surface area contributed by atoms with Gasteiger partial charge in [0.2, 0.25) is 0 Å². The van der Waals surface area contributed by atoms with Gasteiger partial charge in [-0.15, -0.1) is 0 Å². The summed E-state index contributed by atoms with van der Waals surface area (Å²) in [6, 6.07) is 8.27. The molecule has 5 nitrogen and oxygen atoms in total. The summed E-state index contributed by atoms with van der Waals surface area (Å²) in [5.41, 5.74) is 1.97. The number of rotatable bonds is 6. The molecule has 0 bridgehead atoms. The van der Waals surface area contributed by atoms with Crippen molar-refractivity contribution in [1.82, 2.24) is 19.8 Å². The molecule has 2 aliphatic rings. The van der Waals surface area contributed by atoms with E-state index in [1.165, 1.54) is 18.4 Å². The van der Waals surface area contributed by atoms with E-state index < -0.39 is 0 Å². The van der Waals surface area contributed by atoms with Crippen molar-refractivity contribution in [3.63, 3.8) is 0 Å². The van der Waals surface area contributed by atoms with E-state index in [4.69, 9.17) is 0 Å². The Morgan fingerprint density at radius 2 is 1.92 bits per heavy atom. The van der Waals surface area contributed by atoms with Crippen molar-refractivity contribution in [2.24, 2.45) is 5.92 Å². The van der Waals surface area contributed by atoms with Gasteiger partial charge < -0.3 is 4.90 Å². The molecule has 2 aromatic rings. The van der Waals surface area contributed by atoms with Gasteiger partial charge in [0.15, 0.2) is 0 Å². The zero-order chi connectivity index (χ0) is 16.4. The number of amides is 1. The van der Waals surface area contributed by atoms with Gasteiger partial charge in [0.25, 0.3) is 5.91 Å². The fraction of sp³-hybridized carbons (Fsp3) is 0.421. The van der Waals surface area contributed by atoms with Crippen molar-refractivity contribution in [1.29, 1.82) is 0 Å². The van der Waals surface area contributed by atoms with E-state index in [0.717, 1.165) is 32.1 Å². The lowest BCUT2D eigenvalue weighted by Gasteiger charge is -2.45. The SMILES string of the molecule is O=C(c1cccnc1)N1CC(N(Cc2ccncc2)CC2CC2)C1. The Morgan fingerprint density at radius 1 is 1.12 bits per heavy atom. The summed E-state index contributed by atoms with van der Waals surface area (Å²) in [6.07, 6.45) is 9.74. The molecule has 0 atom stereocenters. The van der Waals surface area contributed by atoms with Crippen LogP contribution in [0.15, 0.2) is 49.1 Å². The Bertz CT molecular complexity index is 681. The van der Waals surface area contributed by atoms with Crippen molar-refractivity contribution in [3.05, 3.63) is 60.2 Å². The number of nitrogens with zero attached hydrogens (tertiary/aromatic N) is 4. The number of likely N-dealkylation sites (tertiary alicyclic amines) is 1. The molecule has 1 saturated heterocycles. The molecule has 0 radical (unpaired) electrons. The summed E-state index contributed by atoms with van der Waals surface area (Å²) >= 11 is 0. The second-order valence-electron chi connectivity index (χ2n) is 6.83. The zero-order valence-corrected chi connectivity index (χ0v) is 13.7. The first-order valence-electron chi connectivity index (χ1n) is 8.62. The van der Waals surface area contributed by atoms with Crippen LogP contribution in [0.2, 0.25) is 0 Å². The normalized spacial score (nSPS) is 17.8. The van der Waals surface area contributed by atoms with Gasteiger partial charge in [-0.3, -0.25) is 19.7 Å². The maximum Gasteiger partial charge on any atom is 0.255 e. The highest BCUT2D eigenvalue weighted by molar-refractivity contribution is 5.94. The Hall–Kier alpha value is -2.27. The van der Waals surface area contributed by atoms with Crippen LogP contribution >= 0.6 is 0 Å². The Balaban J connectivity index is 1.37. The lowest BCUT2D eigenvalue weighted by atomic mass is 10.0. The quantitative estimate of drug-likeness (QED) is 0.818. The van der Waals surface area contributed by atoms with E-state index in [1.54, 1.807) is 12.4 Å². The first kappa shape index (κ1) is 15.3. The average molecular weight is 322 g/mol. The molecule has 0 aromatic carbocycles. The second kappa shape index (κ2) is 6.69. The van der Waals surface area contributed by atoms with Crippen LogP contribution in [0.25, 0.3) is 0 Å². The van der Waals surface area contributed by atoms with Gasteiger partial charge in [-0.2, -0.15) is 0 Å². The number of hydrogen-bond donors (Lipinski definition) is 0. The molecular weight excluding hydrogens is 300 g/mol. The molecule has 2 fully saturated rings. The van der Waals surface area contributed by atoms with Crippen LogP contribution in [0.4, 0.5) is 0 Å². The molecule has 1 saturated carbocycles. The average Bonchev–Trinajstić information content (AvgIpc) is 3.39. The number of aromatic nitrogens is 2. The Kier molecular flexibility index (Phi) is 4.26. The lowest BCUT2D eigenvalue weighted by molar-refractivity contribution is 0.0219. The molecular formula is C19H22N4O. The fourth-order valence-electron chi connectivity index (χ4n) is 3.22. The first-order chi connectivity index (χ1) is 11.8. The van der Waals surface area contributed by atoms with Gasteiger partial charge in [0.05, 0.1) is 5.56 Å². The molecule has 0 spiro atoms. The Morgan fingerprint density at radius 3 is 2.58 bits per heavy atom. The standard InChI is InChI=1S/C19H22N4O/c24-19(17-2-1-7-21-10-17)23-13-18(14-23)22(11-15-3-4-15)12-16-5-8-20-9-6-16/h1-2,5-10,15,18H,3-4,11-14H2. The van der Waals surface area contributed by atoms with Crippen molar-refractivity contribution in [3.8, 4) is 0 Å². The van der Waals surface area contributed by atoms with Gasteiger partial charge >= 0.3 is 0 Å². The zero-order valence-electron chi connectivity index (χ0n) is 13.7. The van der Waals surface area contributed by atoms with E-state index in [-0.39, 0.29) is 5.91 Å². The summed E-state index contributed by atoms with van der Waals surface area (Å²) in [4.78, 5) is 25.1. The van der Waals surface area contributed by atoms with E-state index in [0.29, 0.717) is 11.6 Å². The highest BCUT2D eigenvalue weighted by Crippen LogP contribution is 2.32. The van der Waals surface area contributed by atoms with Crippen LogP contribution in [-0.4, -0.2) is 51.4 Å². The molecule has 3 heterocycles. The summed E-state index contributed by atoms with van der Waals surface area (Å²) in [5, 5.41) is 0. The summed E-state index contributed by atoms with van der Waals surface area (Å²) in [6.45, 7) is 3.71. The molecule has 1 aliphatic heterocycles. The predicted octanol–water partition coefficient (Wildman–Crippen LogP) is 2.21. The van der Waals surface area contributed by atoms with Crippen LogP contribution < -0.4 is 0 Å². The predicted molar refractivity (Wildman–Crippen MR) is 91.3 cm³/mol. The van der Waals surface area contributed by atoms with Crippen molar-refractivity contribution in [2.75, 3.05) is 19.6 Å². The van der Waals surface area contributed by atoms with Crippen LogP contribution in [0, 0.1) is 5.92 Å². The van der Waals surface area contributed by atoms with Gasteiger partial charge in [-0.25, -0.2) is 0 Å². The molecule has 1 aliphatic carbocycles. The number of hydrogen-bond acceptors (Lipinski definition) is 4. The lowest BCUT2D eigenvalue weighted by Crippen LogP contribution is -2.61. The van der Waals surface area contributed by atoms with Crippen molar-refractivity contribution >= 4 is 5.91 Å². The highest BCUT2D eigenvalue weighted by Gasteiger charge is 2.37. The Labute approximate surface area is 142 Å². The van der Waals surface area contributed by atoms with Crippen LogP contribution in [0.5, 0.6) is 0 Å². The van der Waals surface area contributed by atoms with Crippen molar-refractivity contribution < 1.29 is 4.79 Å². The highest BCUT2D eigenvalue weighted by atomic mass is 16.2. The van der Waals surface area contributed by atoms with Gasteiger partial charge in [-0.05, 0) is 48.6 Å². The number of carbonyl (C=O) groups is 1. The molecule has 1 amide bonds. The number of carbonyl (C=O) groups excluding carboxylic acids is 1. The molecule has 0 N–H and O–H groups in total. The van der Waals surface area contributed by atoms with Crippen molar-refractivity contribution in [2.45, 2.75) is 25.4 Å². The van der Waals surface area contributed by atoms with E-state index in [9.17, 15) is 4.79 Å². The maximum absolute atomic E-state index is 12.4. The van der Waals surface area contributed by atoms with E-state index >= 15 is 0 Å². The smallest absolute Gasteiger partial charge is 0.255 e. The van der Waals surface area contributed by atoms with Gasteiger partial charge in [0.1, 0.15) is 0 Å². The number of pyridine rings is 2. The van der Waals surface area contributed by atoms with E-state index in [1.807, 2.05) is 29.4 Å². The van der Waals surface area contributed by atoms with Crippen LogP contribution in [0.3, 0.4) is 0 Å². The topological polar surface area (TPSA) is 49.3 Å². The summed E-state index contributed by atoms with van der Waals surface area (Å²) in [7, 11) is 0. The minimum Gasteiger partial charge on any atom is -0.335 e. The monoisotopic (exact) mass is 322 g/mol. The molecule has 4 rings (SSSR count). The third kappa shape index (κ3) is 3.46. The first-order valence-corrected chi connectivity index (χ1v) is 8.62. The molecule has 24 heavy (non-hydrogen) atoms. The molecule has 2 aromatic heterocycles. The third-order valence-corrected chi connectivity index (χ3v) is 4.90. The second-order valence-corrected chi connectivity index (χ2v) is 6.83. The van der Waals surface area contributed by atoms with Crippen LogP contribution in [0.1, 0.15) is 28.8 Å². The van der Waals surface area contributed by atoms with E-state index in [2.05, 4.69) is 27.0 Å². The minimum absolute atomic E-state index is 0.0923. The molecule has 5 heteroatoms. The van der Waals surface area contributed by atoms with Gasteiger partial charge in [0, 0.05) is 57.0 Å². The largest absolute Gasteiger partial charge is 0.335 e.